The Morgan fingerprint density at radius 3 is 2.08 bits per heavy atom. The van der Waals surface area contributed by atoms with Crippen molar-refractivity contribution >= 4 is 0 Å². The van der Waals surface area contributed by atoms with Crippen LogP contribution in [0.2, 0.25) is 0 Å². The normalized spacial score (nSPS) is 40.3. The van der Waals surface area contributed by atoms with E-state index in [4.69, 9.17) is 10.5 Å². The SMILES string of the molecule is CC1CC(C#N)(CC#N)CC1C. The van der Waals surface area contributed by atoms with Crippen molar-refractivity contribution in [1.82, 2.24) is 0 Å². The molecule has 0 amide bonds. The van der Waals surface area contributed by atoms with Gasteiger partial charge >= 0.3 is 0 Å². The smallest absolute Gasteiger partial charge is 0.0709 e. The lowest BCUT2D eigenvalue weighted by molar-refractivity contribution is 0.401. The molecular formula is C10H14N2. The lowest BCUT2D eigenvalue weighted by Gasteiger charge is -2.15. The summed E-state index contributed by atoms with van der Waals surface area (Å²) < 4.78 is 0. The zero-order chi connectivity index (χ0) is 9.19. The Hall–Kier alpha value is -1.02. The van der Waals surface area contributed by atoms with Crippen molar-refractivity contribution in [2.75, 3.05) is 0 Å². The average molecular weight is 162 g/mol. The molecule has 12 heavy (non-hydrogen) atoms. The van der Waals surface area contributed by atoms with Crippen LogP contribution in [-0.2, 0) is 0 Å². The number of rotatable bonds is 1. The lowest BCUT2D eigenvalue weighted by atomic mass is 9.84. The van der Waals surface area contributed by atoms with Crippen LogP contribution >= 0.6 is 0 Å². The van der Waals surface area contributed by atoms with E-state index in [1.165, 1.54) is 0 Å². The molecular weight excluding hydrogens is 148 g/mol. The number of hydrogen-bond acceptors (Lipinski definition) is 2. The van der Waals surface area contributed by atoms with E-state index in [1.807, 2.05) is 0 Å². The maximum Gasteiger partial charge on any atom is 0.0709 e. The zero-order valence-electron chi connectivity index (χ0n) is 7.67. The summed E-state index contributed by atoms with van der Waals surface area (Å²) in [6.45, 7) is 4.34. The molecule has 2 atom stereocenters. The standard InChI is InChI=1S/C10H14N2/c1-8-5-10(7-12,3-4-11)6-9(8)2/h8-9H,3,5-6H2,1-2H3. The molecule has 2 nitrogen and oxygen atoms in total. The summed E-state index contributed by atoms with van der Waals surface area (Å²) in [5.41, 5.74) is -0.326. The molecule has 0 aromatic carbocycles. The zero-order valence-corrected chi connectivity index (χ0v) is 7.67. The van der Waals surface area contributed by atoms with Crippen LogP contribution in [0.5, 0.6) is 0 Å². The van der Waals surface area contributed by atoms with E-state index in [-0.39, 0.29) is 5.41 Å². The van der Waals surface area contributed by atoms with Gasteiger partial charge in [0.25, 0.3) is 0 Å². The summed E-state index contributed by atoms with van der Waals surface area (Å²) in [6.07, 6.45) is 2.20. The van der Waals surface area contributed by atoms with Crippen molar-refractivity contribution in [3.8, 4) is 12.1 Å². The number of nitrogens with zero attached hydrogens (tertiary/aromatic N) is 2. The molecule has 0 radical (unpaired) electrons. The second-order valence-corrected chi connectivity index (χ2v) is 4.09. The van der Waals surface area contributed by atoms with Crippen LogP contribution < -0.4 is 0 Å². The molecule has 0 aromatic heterocycles. The van der Waals surface area contributed by atoms with Crippen LogP contribution in [0.3, 0.4) is 0 Å². The molecule has 0 spiro atoms. The van der Waals surface area contributed by atoms with E-state index in [9.17, 15) is 0 Å². The van der Waals surface area contributed by atoms with Crippen molar-refractivity contribution < 1.29 is 0 Å². The topological polar surface area (TPSA) is 47.6 Å². The Morgan fingerprint density at radius 2 is 1.75 bits per heavy atom. The van der Waals surface area contributed by atoms with Gasteiger partial charge in [0, 0.05) is 0 Å². The van der Waals surface area contributed by atoms with E-state index < -0.39 is 0 Å². The van der Waals surface area contributed by atoms with Gasteiger partial charge in [-0.15, -0.1) is 0 Å². The highest BCUT2D eigenvalue weighted by molar-refractivity contribution is 5.08. The Balaban J connectivity index is 2.75. The Labute approximate surface area is 73.8 Å². The third kappa shape index (κ3) is 1.43. The van der Waals surface area contributed by atoms with Gasteiger partial charge in [0.1, 0.15) is 0 Å². The van der Waals surface area contributed by atoms with Crippen LogP contribution in [0.25, 0.3) is 0 Å². The predicted octanol–water partition coefficient (Wildman–Crippen LogP) is 2.48. The van der Waals surface area contributed by atoms with E-state index in [0.717, 1.165) is 12.8 Å². The first-order valence-electron chi connectivity index (χ1n) is 4.42. The van der Waals surface area contributed by atoms with Gasteiger partial charge in [0.05, 0.1) is 24.0 Å². The first-order valence-corrected chi connectivity index (χ1v) is 4.42. The van der Waals surface area contributed by atoms with E-state index in [2.05, 4.69) is 26.0 Å². The van der Waals surface area contributed by atoms with Crippen LogP contribution in [-0.4, -0.2) is 0 Å². The van der Waals surface area contributed by atoms with Gasteiger partial charge in [-0.05, 0) is 24.7 Å². The minimum atomic E-state index is -0.326. The Morgan fingerprint density at radius 1 is 1.25 bits per heavy atom. The summed E-state index contributed by atoms with van der Waals surface area (Å²) in [7, 11) is 0. The predicted molar refractivity (Wildman–Crippen MR) is 45.8 cm³/mol. The summed E-state index contributed by atoms with van der Waals surface area (Å²) in [5.74, 6) is 1.19. The molecule has 0 aromatic rings. The fourth-order valence-electron chi connectivity index (χ4n) is 2.14. The third-order valence-corrected chi connectivity index (χ3v) is 3.05. The summed E-state index contributed by atoms with van der Waals surface area (Å²) in [4.78, 5) is 0. The molecule has 0 heterocycles. The summed E-state index contributed by atoms with van der Waals surface area (Å²) >= 11 is 0. The molecule has 1 aliphatic carbocycles. The van der Waals surface area contributed by atoms with Crippen molar-refractivity contribution in [3.05, 3.63) is 0 Å². The maximum atomic E-state index is 8.98. The van der Waals surface area contributed by atoms with Crippen LogP contribution in [0.4, 0.5) is 0 Å². The van der Waals surface area contributed by atoms with Gasteiger partial charge < -0.3 is 0 Å². The fourth-order valence-corrected chi connectivity index (χ4v) is 2.14. The highest BCUT2D eigenvalue weighted by Gasteiger charge is 2.41. The average Bonchev–Trinajstić information content (AvgIpc) is 2.30. The van der Waals surface area contributed by atoms with Crippen LogP contribution in [0.15, 0.2) is 0 Å². The quantitative estimate of drug-likeness (QED) is 0.594. The molecule has 64 valence electrons. The first-order chi connectivity index (χ1) is 5.63. The van der Waals surface area contributed by atoms with Crippen molar-refractivity contribution in [2.45, 2.75) is 33.1 Å². The molecule has 1 aliphatic rings. The molecule has 2 heteroatoms. The molecule has 0 aliphatic heterocycles. The van der Waals surface area contributed by atoms with Gasteiger partial charge in [-0.3, -0.25) is 0 Å². The molecule has 0 N–H and O–H groups in total. The second-order valence-electron chi connectivity index (χ2n) is 4.09. The van der Waals surface area contributed by atoms with Gasteiger partial charge in [0.2, 0.25) is 0 Å². The van der Waals surface area contributed by atoms with E-state index >= 15 is 0 Å². The molecule has 1 fully saturated rings. The van der Waals surface area contributed by atoms with Crippen LogP contribution in [0.1, 0.15) is 33.1 Å². The minimum Gasteiger partial charge on any atom is -0.198 e. The molecule has 1 rings (SSSR count). The molecule has 1 saturated carbocycles. The Bertz CT molecular complexity index is 234. The summed E-state index contributed by atoms with van der Waals surface area (Å²) in [6, 6.07) is 4.44. The molecule has 2 unspecified atom stereocenters. The first kappa shape index (κ1) is 9.07. The molecule has 0 saturated heterocycles. The van der Waals surface area contributed by atoms with Crippen molar-refractivity contribution in [1.29, 1.82) is 10.5 Å². The second kappa shape index (κ2) is 3.15. The summed E-state index contributed by atoms with van der Waals surface area (Å²) in [5, 5.41) is 17.6. The van der Waals surface area contributed by atoms with Crippen molar-refractivity contribution in [3.63, 3.8) is 0 Å². The van der Waals surface area contributed by atoms with E-state index in [1.54, 1.807) is 0 Å². The number of hydrogen-bond donors (Lipinski definition) is 0. The van der Waals surface area contributed by atoms with Gasteiger partial charge in [-0.1, -0.05) is 13.8 Å². The maximum absolute atomic E-state index is 8.98. The van der Waals surface area contributed by atoms with E-state index in [0.29, 0.717) is 18.3 Å². The molecule has 0 bridgehead atoms. The monoisotopic (exact) mass is 162 g/mol. The minimum absolute atomic E-state index is 0.326. The van der Waals surface area contributed by atoms with Crippen molar-refractivity contribution in [2.24, 2.45) is 17.3 Å². The fraction of sp³-hybridized carbons (Fsp3) is 0.800. The highest BCUT2D eigenvalue weighted by Crippen LogP contribution is 2.46. The Kier molecular flexibility index (Phi) is 2.38. The lowest BCUT2D eigenvalue weighted by Crippen LogP contribution is -2.13. The largest absolute Gasteiger partial charge is 0.198 e. The van der Waals surface area contributed by atoms with Crippen LogP contribution in [0, 0.1) is 39.9 Å². The van der Waals surface area contributed by atoms with Gasteiger partial charge in [-0.25, -0.2) is 0 Å². The highest BCUT2D eigenvalue weighted by atomic mass is 14.5. The number of nitriles is 2. The van der Waals surface area contributed by atoms with Gasteiger partial charge in [-0.2, -0.15) is 10.5 Å². The van der Waals surface area contributed by atoms with Gasteiger partial charge in [0.15, 0.2) is 0 Å². The third-order valence-electron chi connectivity index (χ3n) is 3.05.